The fraction of sp³-hybridized carbons (Fsp3) is 0.526. The normalized spacial score (nSPS) is 16.6. The van der Waals surface area contributed by atoms with Gasteiger partial charge in [0.1, 0.15) is 6.10 Å². The number of amides is 1. The summed E-state index contributed by atoms with van der Waals surface area (Å²) in [4.78, 5) is 17.0. The number of hydrogen-bond acceptors (Lipinski definition) is 5. The number of aromatic nitrogens is 2. The minimum atomic E-state index is -0.442. The zero-order valence-corrected chi connectivity index (χ0v) is 14.8. The molecule has 2 aromatic rings. The van der Waals surface area contributed by atoms with Crippen LogP contribution in [-0.2, 0) is 9.53 Å². The molecule has 0 unspecified atom stereocenters. The minimum absolute atomic E-state index is 0.124. The van der Waals surface area contributed by atoms with Crippen LogP contribution >= 0.6 is 0 Å². The van der Waals surface area contributed by atoms with Crippen molar-refractivity contribution in [3.8, 4) is 11.4 Å². The minimum Gasteiger partial charge on any atom is -0.365 e. The van der Waals surface area contributed by atoms with Gasteiger partial charge in [-0.15, -0.1) is 0 Å². The lowest BCUT2D eigenvalue weighted by Gasteiger charge is -2.26. The third-order valence-corrected chi connectivity index (χ3v) is 4.53. The summed E-state index contributed by atoms with van der Waals surface area (Å²) in [6.45, 7) is 3.71. The van der Waals surface area contributed by atoms with E-state index in [0.29, 0.717) is 23.8 Å². The van der Waals surface area contributed by atoms with E-state index in [1.165, 1.54) is 19.3 Å². The van der Waals surface area contributed by atoms with Gasteiger partial charge in [0.05, 0.1) is 11.8 Å². The molecule has 1 aliphatic rings. The summed E-state index contributed by atoms with van der Waals surface area (Å²) in [6, 6.07) is 7.45. The van der Waals surface area contributed by atoms with E-state index in [0.717, 1.165) is 18.4 Å². The van der Waals surface area contributed by atoms with Crippen molar-refractivity contribution in [3.05, 3.63) is 30.2 Å². The Morgan fingerprint density at radius 1 is 1.32 bits per heavy atom. The molecule has 0 spiro atoms. The van der Waals surface area contributed by atoms with Gasteiger partial charge in [-0.3, -0.25) is 4.79 Å². The van der Waals surface area contributed by atoms with Crippen LogP contribution < -0.4 is 5.32 Å². The molecule has 134 valence electrons. The summed E-state index contributed by atoms with van der Waals surface area (Å²) < 4.78 is 11.1. The summed E-state index contributed by atoms with van der Waals surface area (Å²) in [5, 5.41) is 6.92. The van der Waals surface area contributed by atoms with Gasteiger partial charge in [-0.1, -0.05) is 43.5 Å². The first-order chi connectivity index (χ1) is 12.2. The molecule has 6 nitrogen and oxygen atoms in total. The first-order valence-corrected chi connectivity index (χ1v) is 9.03. The smallest absolute Gasteiger partial charge is 0.253 e. The molecule has 0 radical (unpaired) electrons. The van der Waals surface area contributed by atoms with Gasteiger partial charge in [0.25, 0.3) is 5.91 Å². The molecule has 1 saturated carbocycles. The highest BCUT2D eigenvalue weighted by Crippen LogP contribution is 2.27. The van der Waals surface area contributed by atoms with Gasteiger partial charge in [-0.2, -0.15) is 4.98 Å². The van der Waals surface area contributed by atoms with Gasteiger partial charge < -0.3 is 14.6 Å². The molecule has 1 aliphatic carbocycles. The third-order valence-electron chi connectivity index (χ3n) is 4.53. The van der Waals surface area contributed by atoms with Crippen LogP contribution in [0.15, 0.2) is 28.8 Å². The fourth-order valence-electron chi connectivity index (χ4n) is 3.19. The van der Waals surface area contributed by atoms with E-state index in [4.69, 9.17) is 9.26 Å². The van der Waals surface area contributed by atoms with Crippen LogP contribution in [0.4, 0.5) is 5.69 Å². The third kappa shape index (κ3) is 4.45. The predicted molar refractivity (Wildman–Crippen MR) is 95.1 cm³/mol. The SMILES string of the molecule is CC[C@@H](OC1CCCCC1)C(=O)Nc1ccccc1-c1noc(C)n1. The first-order valence-electron chi connectivity index (χ1n) is 9.03. The Morgan fingerprint density at radius 3 is 2.76 bits per heavy atom. The molecule has 6 heteroatoms. The van der Waals surface area contributed by atoms with Crippen LogP contribution in [0.3, 0.4) is 0 Å². The Morgan fingerprint density at radius 2 is 2.08 bits per heavy atom. The van der Waals surface area contributed by atoms with Gasteiger partial charge in [-0.25, -0.2) is 0 Å². The number of carbonyl (C=O) groups is 1. The molecule has 1 heterocycles. The molecule has 1 amide bonds. The predicted octanol–water partition coefficient (Wildman–Crippen LogP) is 4.11. The van der Waals surface area contributed by atoms with Crippen molar-refractivity contribution in [1.82, 2.24) is 10.1 Å². The van der Waals surface area contributed by atoms with E-state index < -0.39 is 6.10 Å². The van der Waals surface area contributed by atoms with Crippen molar-refractivity contribution >= 4 is 11.6 Å². The molecule has 1 aromatic heterocycles. The van der Waals surface area contributed by atoms with Gasteiger partial charge in [-0.05, 0) is 31.4 Å². The maximum Gasteiger partial charge on any atom is 0.253 e. The quantitative estimate of drug-likeness (QED) is 0.854. The number of nitrogens with one attached hydrogen (secondary N) is 1. The van der Waals surface area contributed by atoms with Gasteiger partial charge in [0.2, 0.25) is 11.7 Å². The summed E-state index contributed by atoms with van der Waals surface area (Å²) in [7, 11) is 0. The number of aryl methyl sites for hydroxylation is 1. The Bertz CT molecular complexity index is 707. The number of ether oxygens (including phenoxy) is 1. The zero-order valence-electron chi connectivity index (χ0n) is 14.8. The highest BCUT2D eigenvalue weighted by Gasteiger charge is 2.24. The van der Waals surface area contributed by atoms with Crippen LogP contribution in [0.5, 0.6) is 0 Å². The molecule has 3 rings (SSSR count). The van der Waals surface area contributed by atoms with Crippen molar-refractivity contribution in [2.75, 3.05) is 5.32 Å². The standard InChI is InChI=1S/C19H25N3O3/c1-3-17(24-14-9-5-4-6-10-14)19(23)21-16-12-8-7-11-15(16)18-20-13(2)25-22-18/h7-8,11-12,14,17H,3-6,9-10H2,1-2H3,(H,21,23)/t17-/m1/s1. The largest absolute Gasteiger partial charge is 0.365 e. The molecular weight excluding hydrogens is 318 g/mol. The zero-order chi connectivity index (χ0) is 17.6. The van der Waals surface area contributed by atoms with Crippen molar-refractivity contribution in [3.63, 3.8) is 0 Å². The van der Waals surface area contributed by atoms with E-state index in [1.54, 1.807) is 6.92 Å². The number of carbonyl (C=O) groups excluding carboxylic acids is 1. The van der Waals surface area contributed by atoms with E-state index in [-0.39, 0.29) is 12.0 Å². The Kier molecular flexibility index (Phi) is 5.81. The Hall–Kier alpha value is -2.21. The van der Waals surface area contributed by atoms with E-state index in [1.807, 2.05) is 31.2 Å². The number of nitrogens with zero attached hydrogens (tertiary/aromatic N) is 2. The van der Waals surface area contributed by atoms with Crippen molar-refractivity contribution in [2.45, 2.75) is 64.6 Å². The summed E-state index contributed by atoms with van der Waals surface area (Å²) in [5.74, 6) is 0.832. The van der Waals surface area contributed by atoms with Crippen LogP contribution in [0.1, 0.15) is 51.3 Å². The topological polar surface area (TPSA) is 77.2 Å². The monoisotopic (exact) mass is 343 g/mol. The number of hydrogen-bond donors (Lipinski definition) is 1. The lowest BCUT2D eigenvalue weighted by molar-refractivity contribution is -0.132. The lowest BCUT2D eigenvalue weighted by atomic mass is 9.97. The molecule has 1 atom stereocenters. The van der Waals surface area contributed by atoms with Crippen LogP contribution in [0, 0.1) is 6.92 Å². The molecule has 25 heavy (non-hydrogen) atoms. The van der Waals surface area contributed by atoms with Crippen molar-refractivity contribution in [2.24, 2.45) is 0 Å². The highest BCUT2D eigenvalue weighted by molar-refractivity contribution is 5.97. The number of para-hydroxylation sites is 1. The maximum atomic E-state index is 12.7. The van der Waals surface area contributed by atoms with Crippen molar-refractivity contribution in [1.29, 1.82) is 0 Å². The second kappa shape index (κ2) is 8.25. The molecule has 1 aromatic carbocycles. The second-order valence-electron chi connectivity index (χ2n) is 6.46. The highest BCUT2D eigenvalue weighted by atomic mass is 16.5. The van der Waals surface area contributed by atoms with Gasteiger partial charge in [0.15, 0.2) is 0 Å². The van der Waals surface area contributed by atoms with Crippen LogP contribution in [0.2, 0.25) is 0 Å². The average Bonchev–Trinajstić information content (AvgIpc) is 3.07. The molecule has 0 aliphatic heterocycles. The summed E-state index contributed by atoms with van der Waals surface area (Å²) in [5.41, 5.74) is 1.40. The fourth-order valence-corrected chi connectivity index (χ4v) is 3.19. The van der Waals surface area contributed by atoms with Crippen molar-refractivity contribution < 1.29 is 14.1 Å². The number of benzene rings is 1. The van der Waals surface area contributed by atoms with E-state index >= 15 is 0 Å². The average molecular weight is 343 g/mol. The number of rotatable bonds is 6. The van der Waals surface area contributed by atoms with Gasteiger partial charge in [0, 0.05) is 12.5 Å². The van der Waals surface area contributed by atoms with E-state index in [9.17, 15) is 4.79 Å². The number of anilines is 1. The maximum absolute atomic E-state index is 12.7. The molecule has 1 fully saturated rings. The van der Waals surface area contributed by atoms with E-state index in [2.05, 4.69) is 15.5 Å². The Labute approximate surface area is 148 Å². The summed E-state index contributed by atoms with van der Waals surface area (Å²) in [6.07, 6.45) is 6.12. The molecule has 0 saturated heterocycles. The van der Waals surface area contributed by atoms with Crippen LogP contribution in [0.25, 0.3) is 11.4 Å². The molecule has 0 bridgehead atoms. The molecule has 1 N–H and O–H groups in total. The lowest BCUT2D eigenvalue weighted by Crippen LogP contribution is -2.34. The van der Waals surface area contributed by atoms with Gasteiger partial charge >= 0.3 is 0 Å². The first kappa shape index (κ1) is 17.6. The second-order valence-corrected chi connectivity index (χ2v) is 6.46. The Balaban J connectivity index is 1.71. The summed E-state index contributed by atoms with van der Waals surface area (Å²) >= 11 is 0. The molecular formula is C19H25N3O3. The van der Waals surface area contributed by atoms with Crippen LogP contribution in [-0.4, -0.2) is 28.3 Å².